The first-order valence-corrected chi connectivity index (χ1v) is 6.74. The highest BCUT2D eigenvalue weighted by Crippen LogP contribution is 2.17. The number of hydrogen-bond acceptors (Lipinski definition) is 2. The standard InChI is InChI=1S/C14H18BrNO2/c1-3-4-5-10-16-14(17)11(2)18-13-8-6-12(15)7-9-13/h3-4,6-9,11H,5,10H2,1-2H3,(H,16,17)/b4-3+. The van der Waals surface area contributed by atoms with Gasteiger partial charge < -0.3 is 10.1 Å². The average molecular weight is 312 g/mol. The van der Waals surface area contributed by atoms with Gasteiger partial charge >= 0.3 is 0 Å². The topological polar surface area (TPSA) is 38.3 Å². The SMILES string of the molecule is C/C=C/CCNC(=O)C(C)Oc1ccc(Br)cc1. The summed E-state index contributed by atoms with van der Waals surface area (Å²) in [5.74, 6) is 0.594. The van der Waals surface area contributed by atoms with Gasteiger partial charge in [0.15, 0.2) is 6.10 Å². The van der Waals surface area contributed by atoms with Crippen LogP contribution in [0.4, 0.5) is 0 Å². The van der Waals surface area contributed by atoms with Crippen molar-refractivity contribution in [3.05, 3.63) is 40.9 Å². The number of carbonyl (C=O) groups excluding carboxylic acids is 1. The predicted octanol–water partition coefficient (Wildman–Crippen LogP) is 3.30. The molecule has 0 aliphatic carbocycles. The number of nitrogens with one attached hydrogen (secondary N) is 1. The molecule has 1 rings (SSSR count). The minimum Gasteiger partial charge on any atom is -0.481 e. The quantitative estimate of drug-likeness (QED) is 0.646. The fraction of sp³-hybridized carbons (Fsp3) is 0.357. The van der Waals surface area contributed by atoms with Gasteiger partial charge in [0.2, 0.25) is 0 Å². The Hall–Kier alpha value is -1.29. The summed E-state index contributed by atoms with van der Waals surface area (Å²) in [6, 6.07) is 7.42. The predicted molar refractivity (Wildman–Crippen MR) is 76.7 cm³/mol. The lowest BCUT2D eigenvalue weighted by Gasteiger charge is -2.14. The molecule has 0 aliphatic rings. The Balaban J connectivity index is 2.37. The molecule has 18 heavy (non-hydrogen) atoms. The van der Waals surface area contributed by atoms with E-state index in [1.807, 2.05) is 43.3 Å². The highest BCUT2D eigenvalue weighted by atomic mass is 79.9. The van der Waals surface area contributed by atoms with E-state index in [1.165, 1.54) is 0 Å². The fourth-order valence-corrected chi connectivity index (χ4v) is 1.62. The Kier molecular flexibility index (Phi) is 6.50. The number of allylic oxidation sites excluding steroid dienone is 1. The van der Waals surface area contributed by atoms with Crippen molar-refractivity contribution in [3.8, 4) is 5.75 Å². The van der Waals surface area contributed by atoms with E-state index in [-0.39, 0.29) is 5.91 Å². The molecule has 0 spiro atoms. The van der Waals surface area contributed by atoms with Crippen molar-refractivity contribution in [1.29, 1.82) is 0 Å². The highest BCUT2D eigenvalue weighted by Gasteiger charge is 2.13. The number of rotatable bonds is 6. The third-order valence-electron chi connectivity index (χ3n) is 2.34. The molecule has 0 radical (unpaired) electrons. The lowest BCUT2D eigenvalue weighted by Crippen LogP contribution is -2.36. The van der Waals surface area contributed by atoms with Crippen LogP contribution in [0.3, 0.4) is 0 Å². The van der Waals surface area contributed by atoms with E-state index in [0.717, 1.165) is 10.9 Å². The highest BCUT2D eigenvalue weighted by molar-refractivity contribution is 9.10. The molecule has 0 saturated carbocycles. The summed E-state index contributed by atoms with van der Waals surface area (Å²) in [4.78, 5) is 11.7. The molecule has 98 valence electrons. The van der Waals surface area contributed by atoms with Crippen LogP contribution < -0.4 is 10.1 Å². The first-order chi connectivity index (χ1) is 8.63. The van der Waals surface area contributed by atoms with Crippen LogP contribution in [0, 0.1) is 0 Å². The van der Waals surface area contributed by atoms with E-state index in [1.54, 1.807) is 6.92 Å². The second kappa shape index (κ2) is 7.93. The van der Waals surface area contributed by atoms with Gasteiger partial charge in [0, 0.05) is 11.0 Å². The normalized spacial score (nSPS) is 12.4. The average Bonchev–Trinajstić information content (AvgIpc) is 2.37. The van der Waals surface area contributed by atoms with Gasteiger partial charge in [0.1, 0.15) is 5.75 Å². The van der Waals surface area contributed by atoms with Crippen molar-refractivity contribution in [2.24, 2.45) is 0 Å². The van der Waals surface area contributed by atoms with Gasteiger partial charge in [-0.2, -0.15) is 0 Å². The van der Waals surface area contributed by atoms with E-state index >= 15 is 0 Å². The van der Waals surface area contributed by atoms with Crippen molar-refractivity contribution in [2.75, 3.05) is 6.54 Å². The van der Waals surface area contributed by atoms with Gasteiger partial charge in [-0.25, -0.2) is 0 Å². The molecule has 0 saturated heterocycles. The molecule has 1 aromatic rings. The number of halogens is 1. The van der Waals surface area contributed by atoms with Crippen molar-refractivity contribution in [3.63, 3.8) is 0 Å². The molecule has 0 aliphatic heterocycles. The Morgan fingerprint density at radius 3 is 2.72 bits per heavy atom. The molecule has 3 nitrogen and oxygen atoms in total. The zero-order chi connectivity index (χ0) is 13.4. The lowest BCUT2D eigenvalue weighted by atomic mass is 10.3. The van der Waals surface area contributed by atoms with Crippen LogP contribution in [0.5, 0.6) is 5.75 Å². The van der Waals surface area contributed by atoms with Gasteiger partial charge in [-0.1, -0.05) is 28.1 Å². The maximum absolute atomic E-state index is 11.7. The Morgan fingerprint density at radius 1 is 1.44 bits per heavy atom. The van der Waals surface area contributed by atoms with E-state index in [4.69, 9.17) is 4.74 Å². The van der Waals surface area contributed by atoms with Crippen molar-refractivity contribution < 1.29 is 9.53 Å². The molecule has 0 fully saturated rings. The smallest absolute Gasteiger partial charge is 0.260 e. The minimum absolute atomic E-state index is 0.0950. The van der Waals surface area contributed by atoms with Crippen molar-refractivity contribution in [2.45, 2.75) is 26.4 Å². The number of ether oxygens (including phenoxy) is 1. The molecule has 1 amide bonds. The summed E-state index contributed by atoms with van der Waals surface area (Å²) in [5, 5.41) is 2.82. The van der Waals surface area contributed by atoms with E-state index in [9.17, 15) is 4.79 Å². The monoisotopic (exact) mass is 311 g/mol. The van der Waals surface area contributed by atoms with Gasteiger partial charge in [-0.05, 0) is 44.5 Å². The number of carbonyl (C=O) groups is 1. The van der Waals surface area contributed by atoms with Crippen LogP contribution >= 0.6 is 15.9 Å². The third kappa shape index (κ3) is 5.36. The summed E-state index contributed by atoms with van der Waals surface area (Å²) < 4.78 is 6.52. The van der Waals surface area contributed by atoms with Crippen LogP contribution in [0.2, 0.25) is 0 Å². The maximum atomic E-state index is 11.7. The molecule has 1 atom stereocenters. The molecule has 0 aromatic heterocycles. The van der Waals surface area contributed by atoms with Gasteiger partial charge in [-0.15, -0.1) is 0 Å². The molecule has 0 bridgehead atoms. The summed E-state index contributed by atoms with van der Waals surface area (Å²) >= 11 is 3.35. The largest absolute Gasteiger partial charge is 0.481 e. The van der Waals surface area contributed by atoms with Crippen LogP contribution in [0.1, 0.15) is 20.3 Å². The van der Waals surface area contributed by atoms with Crippen LogP contribution in [-0.2, 0) is 4.79 Å². The molecule has 0 heterocycles. The van der Waals surface area contributed by atoms with Gasteiger partial charge in [0.05, 0.1) is 0 Å². The van der Waals surface area contributed by atoms with Crippen LogP contribution in [0.15, 0.2) is 40.9 Å². The zero-order valence-corrected chi connectivity index (χ0v) is 12.2. The van der Waals surface area contributed by atoms with Crippen LogP contribution in [0.25, 0.3) is 0 Å². The van der Waals surface area contributed by atoms with E-state index < -0.39 is 6.10 Å². The van der Waals surface area contributed by atoms with Gasteiger partial charge in [0.25, 0.3) is 5.91 Å². The molecular formula is C14H18BrNO2. The molecule has 4 heteroatoms. The third-order valence-corrected chi connectivity index (χ3v) is 2.87. The molecule has 1 unspecified atom stereocenters. The van der Waals surface area contributed by atoms with Gasteiger partial charge in [-0.3, -0.25) is 4.79 Å². The summed E-state index contributed by atoms with van der Waals surface area (Å²) in [6.07, 6.45) is 4.33. The first kappa shape index (κ1) is 14.8. The van der Waals surface area contributed by atoms with Crippen molar-refractivity contribution >= 4 is 21.8 Å². The number of amides is 1. The van der Waals surface area contributed by atoms with Crippen molar-refractivity contribution in [1.82, 2.24) is 5.32 Å². The fourth-order valence-electron chi connectivity index (χ4n) is 1.36. The lowest BCUT2D eigenvalue weighted by molar-refractivity contribution is -0.127. The van der Waals surface area contributed by atoms with E-state index in [0.29, 0.717) is 12.3 Å². The maximum Gasteiger partial charge on any atom is 0.260 e. The van der Waals surface area contributed by atoms with E-state index in [2.05, 4.69) is 21.2 Å². The zero-order valence-electron chi connectivity index (χ0n) is 10.7. The Morgan fingerprint density at radius 2 is 2.11 bits per heavy atom. The second-order valence-electron chi connectivity index (χ2n) is 3.86. The summed E-state index contributed by atoms with van der Waals surface area (Å²) in [5.41, 5.74) is 0. The first-order valence-electron chi connectivity index (χ1n) is 5.94. The summed E-state index contributed by atoms with van der Waals surface area (Å²) in [6.45, 7) is 4.34. The Bertz CT molecular complexity index is 401. The molecule has 1 N–H and O–H groups in total. The second-order valence-corrected chi connectivity index (χ2v) is 4.78. The molecule has 1 aromatic carbocycles. The summed E-state index contributed by atoms with van der Waals surface area (Å²) in [7, 11) is 0. The van der Waals surface area contributed by atoms with Crippen LogP contribution in [-0.4, -0.2) is 18.6 Å². The Labute approximate surface area is 116 Å². The number of benzene rings is 1. The number of hydrogen-bond donors (Lipinski definition) is 1. The molecular weight excluding hydrogens is 294 g/mol. The minimum atomic E-state index is -0.489.